The minimum atomic E-state index is -0.221. The van der Waals surface area contributed by atoms with Gasteiger partial charge in [-0.1, -0.05) is 19.1 Å². The highest BCUT2D eigenvalue weighted by Crippen LogP contribution is 2.37. The number of amides is 1. The molecule has 27 heavy (non-hydrogen) atoms. The minimum absolute atomic E-state index is 0.183. The summed E-state index contributed by atoms with van der Waals surface area (Å²) in [4.78, 5) is 20.5. The number of carbonyl (C=O) groups excluding carboxylic acids is 1. The number of hydrogen-bond acceptors (Lipinski definition) is 4. The van der Waals surface area contributed by atoms with Gasteiger partial charge in [0.25, 0.3) is 0 Å². The zero-order chi connectivity index (χ0) is 18.8. The van der Waals surface area contributed by atoms with Crippen molar-refractivity contribution >= 4 is 29.0 Å². The molecule has 6 heteroatoms. The summed E-state index contributed by atoms with van der Waals surface area (Å²) >= 11 is 1.88. The molecular formula is C21H24FN3OS. The molecule has 142 valence electrons. The van der Waals surface area contributed by atoms with Crippen molar-refractivity contribution in [2.24, 2.45) is 0 Å². The molecule has 1 saturated heterocycles. The van der Waals surface area contributed by atoms with E-state index in [4.69, 9.17) is 0 Å². The van der Waals surface area contributed by atoms with Gasteiger partial charge in [-0.05, 0) is 36.4 Å². The molecule has 4 nitrogen and oxygen atoms in total. The molecule has 0 aromatic heterocycles. The third-order valence-electron chi connectivity index (χ3n) is 5.16. The lowest BCUT2D eigenvalue weighted by molar-refractivity contribution is -0.130. The first-order chi connectivity index (χ1) is 13.1. The van der Waals surface area contributed by atoms with Crippen molar-refractivity contribution in [1.82, 2.24) is 4.90 Å². The predicted molar refractivity (Wildman–Crippen MR) is 109 cm³/mol. The molecular weight excluding hydrogens is 361 g/mol. The maximum atomic E-state index is 13.1. The fraction of sp³-hybridized carbons (Fsp3) is 0.381. The Bertz CT molecular complexity index is 805. The number of carbonyl (C=O) groups is 1. The highest BCUT2D eigenvalue weighted by molar-refractivity contribution is 8.00. The third-order valence-corrected chi connectivity index (χ3v) is 6.31. The summed E-state index contributed by atoms with van der Waals surface area (Å²) in [6.45, 7) is 6.49. The van der Waals surface area contributed by atoms with E-state index in [1.807, 2.05) is 22.7 Å². The number of piperazine rings is 1. The van der Waals surface area contributed by atoms with Crippen molar-refractivity contribution < 1.29 is 9.18 Å². The van der Waals surface area contributed by atoms with Crippen LogP contribution >= 0.6 is 11.8 Å². The van der Waals surface area contributed by atoms with Gasteiger partial charge < -0.3 is 14.7 Å². The molecule has 0 N–H and O–H groups in total. The van der Waals surface area contributed by atoms with Crippen molar-refractivity contribution in [2.45, 2.75) is 17.1 Å². The molecule has 0 aliphatic carbocycles. The summed E-state index contributed by atoms with van der Waals surface area (Å²) in [5.41, 5.74) is 2.18. The smallest absolute Gasteiger partial charge is 0.242 e. The fourth-order valence-electron chi connectivity index (χ4n) is 3.76. The van der Waals surface area contributed by atoms with Crippen LogP contribution in [0.2, 0.25) is 0 Å². The molecule has 0 unspecified atom stereocenters. The first-order valence-electron chi connectivity index (χ1n) is 9.39. The van der Waals surface area contributed by atoms with E-state index >= 15 is 0 Å². The lowest BCUT2D eigenvalue weighted by atomic mass is 10.2. The highest BCUT2D eigenvalue weighted by atomic mass is 32.2. The number of para-hydroxylation sites is 1. The van der Waals surface area contributed by atoms with Gasteiger partial charge >= 0.3 is 0 Å². The number of rotatable bonds is 3. The van der Waals surface area contributed by atoms with Crippen LogP contribution in [0.4, 0.5) is 15.8 Å². The molecule has 0 radical (unpaired) electrons. The van der Waals surface area contributed by atoms with E-state index in [1.54, 1.807) is 12.1 Å². The lowest BCUT2D eigenvalue weighted by Crippen LogP contribution is -2.52. The second-order valence-electron chi connectivity index (χ2n) is 7.12. The van der Waals surface area contributed by atoms with Crippen LogP contribution in [0.3, 0.4) is 0 Å². The number of benzene rings is 2. The molecule has 0 spiro atoms. The third kappa shape index (κ3) is 4.05. The van der Waals surface area contributed by atoms with Gasteiger partial charge in [0.2, 0.25) is 5.91 Å². The number of anilines is 2. The van der Waals surface area contributed by atoms with E-state index < -0.39 is 0 Å². The van der Waals surface area contributed by atoms with Crippen LogP contribution in [0.15, 0.2) is 53.4 Å². The normalized spacial score (nSPS) is 19.8. The number of nitrogens with zero attached hydrogens (tertiary/aromatic N) is 3. The molecule has 2 aromatic rings. The van der Waals surface area contributed by atoms with Gasteiger partial charge in [0, 0.05) is 48.6 Å². The Morgan fingerprint density at radius 3 is 2.52 bits per heavy atom. The molecule has 1 fully saturated rings. The molecule has 2 aliphatic heterocycles. The lowest BCUT2D eigenvalue weighted by Gasteiger charge is -2.39. The summed E-state index contributed by atoms with van der Waals surface area (Å²) < 4.78 is 13.1. The largest absolute Gasteiger partial charge is 0.368 e. The minimum Gasteiger partial charge on any atom is -0.368 e. The molecule has 2 heterocycles. The van der Waals surface area contributed by atoms with E-state index in [1.165, 1.54) is 22.7 Å². The second kappa shape index (κ2) is 7.80. The zero-order valence-electron chi connectivity index (χ0n) is 15.5. The first-order valence-corrected chi connectivity index (χ1v) is 10.3. The molecule has 0 bridgehead atoms. The highest BCUT2D eigenvalue weighted by Gasteiger charge is 2.27. The molecule has 2 aliphatic rings. The molecule has 0 saturated carbocycles. The Morgan fingerprint density at radius 2 is 1.78 bits per heavy atom. The first kappa shape index (κ1) is 18.2. The molecule has 1 atom stereocenters. The SMILES string of the molecule is C[C@H]1CN(CC(=O)N2CCN(c3ccc(F)cc3)CC2)c2ccccc2S1. The van der Waals surface area contributed by atoms with Crippen LogP contribution in [0.5, 0.6) is 0 Å². The Labute approximate surface area is 163 Å². The van der Waals surface area contributed by atoms with E-state index in [2.05, 4.69) is 34.9 Å². The van der Waals surface area contributed by atoms with Crippen molar-refractivity contribution in [3.63, 3.8) is 0 Å². The van der Waals surface area contributed by atoms with Crippen LogP contribution in [-0.2, 0) is 4.79 Å². The maximum Gasteiger partial charge on any atom is 0.242 e. The van der Waals surface area contributed by atoms with E-state index in [9.17, 15) is 9.18 Å². The van der Waals surface area contributed by atoms with E-state index in [0.717, 1.165) is 25.3 Å². The molecule has 2 aromatic carbocycles. The summed E-state index contributed by atoms with van der Waals surface area (Å²) in [6.07, 6.45) is 0. The Balaban J connectivity index is 1.37. The average Bonchev–Trinajstić information content (AvgIpc) is 2.68. The quantitative estimate of drug-likeness (QED) is 0.808. The van der Waals surface area contributed by atoms with Gasteiger partial charge in [-0.15, -0.1) is 11.8 Å². The van der Waals surface area contributed by atoms with Crippen LogP contribution < -0.4 is 9.80 Å². The van der Waals surface area contributed by atoms with Gasteiger partial charge in [-0.25, -0.2) is 4.39 Å². The van der Waals surface area contributed by atoms with Gasteiger partial charge in [0.1, 0.15) is 5.82 Å². The number of hydrogen-bond donors (Lipinski definition) is 0. The Morgan fingerprint density at radius 1 is 1.07 bits per heavy atom. The summed E-state index contributed by atoms with van der Waals surface area (Å²) in [5.74, 6) is -0.0376. The number of thioether (sulfide) groups is 1. The second-order valence-corrected chi connectivity index (χ2v) is 8.60. The number of halogens is 1. The number of fused-ring (bicyclic) bond motifs is 1. The van der Waals surface area contributed by atoms with E-state index in [0.29, 0.717) is 24.9 Å². The van der Waals surface area contributed by atoms with Crippen LogP contribution in [-0.4, -0.2) is 55.3 Å². The summed E-state index contributed by atoms with van der Waals surface area (Å²) in [5, 5.41) is 0.475. The van der Waals surface area contributed by atoms with Gasteiger partial charge in [0.15, 0.2) is 0 Å². The van der Waals surface area contributed by atoms with Gasteiger partial charge in [-0.3, -0.25) is 4.79 Å². The zero-order valence-corrected chi connectivity index (χ0v) is 16.3. The summed E-state index contributed by atoms with van der Waals surface area (Å²) in [7, 11) is 0. The molecule has 4 rings (SSSR count). The monoisotopic (exact) mass is 385 g/mol. The Kier molecular flexibility index (Phi) is 5.25. The van der Waals surface area contributed by atoms with Crippen LogP contribution in [0, 0.1) is 5.82 Å². The predicted octanol–water partition coefficient (Wildman–Crippen LogP) is 3.48. The van der Waals surface area contributed by atoms with Crippen LogP contribution in [0.25, 0.3) is 0 Å². The Hall–Kier alpha value is -2.21. The maximum absolute atomic E-state index is 13.1. The van der Waals surface area contributed by atoms with Crippen molar-refractivity contribution in [3.8, 4) is 0 Å². The van der Waals surface area contributed by atoms with Crippen molar-refractivity contribution in [3.05, 3.63) is 54.3 Å². The van der Waals surface area contributed by atoms with Crippen LogP contribution in [0.1, 0.15) is 6.92 Å². The van der Waals surface area contributed by atoms with Crippen molar-refractivity contribution in [1.29, 1.82) is 0 Å². The van der Waals surface area contributed by atoms with E-state index in [-0.39, 0.29) is 11.7 Å². The average molecular weight is 386 g/mol. The summed E-state index contributed by atoms with van der Waals surface area (Å²) in [6, 6.07) is 14.9. The van der Waals surface area contributed by atoms with Crippen molar-refractivity contribution in [2.75, 3.05) is 49.1 Å². The molecule has 1 amide bonds. The topological polar surface area (TPSA) is 26.8 Å². The fourth-order valence-corrected chi connectivity index (χ4v) is 4.92. The van der Waals surface area contributed by atoms with Gasteiger partial charge in [-0.2, -0.15) is 0 Å². The standard InChI is InChI=1S/C21H24FN3OS/c1-16-14-25(19-4-2-3-5-20(19)27-16)15-21(26)24-12-10-23(11-13-24)18-8-6-17(22)7-9-18/h2-9,16H,10-15H2,1H3/t16-/m0/s1. The van der Waals surface area contributed by atoms with Gasteiger partial charge in [0.05, 0.1) is 12.2 Å².